The molecule has 0 bridgehead atoms. The predicted octanol–water partition coefficient (Wildman–Crippen LogP) is 3.60. The minimum Gasteiger partial charge on any atom is -0.506 e. The van der Waals surface area contributed by atoms with Crippen molar-refractivity contribution in [3.8, 4) is 5.75 Å². The first-order chi connectivity index (χ1) is 10.3. The molecule has 0 atom stereocenters. The Labute approximate surface area is 123 Å². The number of amides is 1. The van der Waals surface area contributed by atoms with Crippen LogP contribution in [0.15, 0.2) is 41.5 Å². The molecule has 0 aromatic heterocycles. The molecular formula is C17H18N2O2. The van der Waals surface area contributed by atoms with Gasteiger partial charge < -0.3 is 5.11 Å². The van der Waals surface area contributed by atoms with Crippen LogP contribution < -0.4 is 5.43 Å². The predicted molar refractivity (Wildman–Crippen MR) is 83.6 cm³/mol. The van der Waals surface area contributed by atoms with Crippen LogP contribution in [-0.4, -0.2) is 16.7 Å². The zero-order valence-corrected chi connectivity index (χ0v) is 11.8. The van der Waals surface area contributed by atoms with Crippen LogP contribution >= 0.6 is 0 Å². The Bertz CT molecular complexity index is 699. The second-order valence-electron chi connectivity index (χ2n) is 5.36. The van der Waals surface area contributed by atoms with Gasteiger partial charge >= 0.3 is 0 Å². The van der Waals surface area contributed by atoms with E-state index in [9.17, 15) is 9.90 Å². The minimum atomic E-state index is -0.365. The SMILES string of the molecule is O=C(NN=C1CCCCC1)c1ccc2ccccc2c1O. The van der Waals surface area contributed by atoms with Crippen molar-refractivity contribution in [3.05, 3.63) is 42.0 Å². The van der Waals surface area contributed by atoms with E-state index in [-0.39, 0.29) is 17.2 Å². The van der Waals surface area contributed by atoms with Crippen LogP contribution in [0.5, 0.6) is 5.75 Å². The maximum Gasteiger partial charge on any atom is 0.275 e. The van der Waals surface area contributed by atoms with Gasteiger partial charge in [-0.3, -0.25) is 4.79 Å². The van der Waals surface area contributed by atoms with Gasteiger partial charge in [0.2, 0.25) is 0 Å². The van der Waals surface area contributed by atoms with E-state index in [1.54, 1.807) is 12.1 Å². The first kappa shape index (κ1) is 13.6. The molecule has 3 rings (SSSR count). The number of carbonyl (C=O) groups is 1. The third-order valence-corrected chi connectivity index (χ3v) is 3.89. The molecule has 1 saturated carbocycles. The molecule has 1 aliphatic rings. The second-order valence-corrected chi connectivity index (χ2v) is 5.36. The lowest BCUT2D eigenvalue weighted by atomic mass is 9.99. The van der Waals surface area contributed by atoms with Gasteiger partial charge in [-0.25, -0.2) is 5.43 Å². The first-order valence-corrected chi connectivity index (χ1v) is 7.32. The normalized spacial score (nSPS) is 15.0. The molecule has 0 spiro atoms. The summed E-state index contributed by atoms with van der Waals surface area (Å²) in [5, 5.41) is 16.0. The number of benzene rings is 2. The number of aromatic hydroxyl groups is 1. The summed E-state index contributed by atoms with van der Waals surface area (Å²) >= 11 is 0. The van der Waals surface area contributed by atoms with Crippen molar-refractivity contribution in [2.45, 2.75) is 32.1 Å². The summed E-state index contributed by atoms with van der Waals surface area (Å²) in [6, 6.07) is 10.9. The van der Waals surface area contributed by atoms with E-state index in [1.807, 2.05) is 24.3 Å². The average Bonchev–Trinajstić information content (AvgIpc) is 2.54. The van der Waals surface area contributed by atoms with Crippen LogP contribution in [0.25, 0.3) is 10.8 Å². The number of hydrogen-bond donors (Lipinski definition) is 2. The van der Waals surface area contributed by atoms with E-state index in [0.29, 0.717) is 5.39 Å². The van der Waals surface area contributed by atoms with Gasteiger partial charge in [-0.2, -0.15) is 5.10 Å². The number of hydrazone groups is 1. The Morgan fingerprint density at radius 3 is 2.62 bits per heavy atom. The van der Waals surface area contributed by atoms with Gasteiger partial charge in [-0.1, -0.05) is 36.8 Å². The van der Waals surface area contributed by atoms with Crippen molar-refractivity contribution in [1.82, 2.24) is 5.43 Å². The van der Waals surface area contributed by atoms with Crippen LogP contribution in [-0.2, 0) is 0 Å². The highest BCUT2D eigenvalue weighted by Gasteiger charge is 2.14. The summed E-state index contributed by atoms with van der Waals surface area (Å²) in [4.78, 5) is 12.2. The van der Waals surface area contributed by atoms with Crippen LogP contribution in [0.1, 0.15) is 42.5 Å². The quantitative estimate of drug-likeness (QED) is 0.827. The zero-order chi connectivity index (χ0) is 14.7. The van der Waals surface area contributed by atoms with Crippen molar-refractivity contribution in [2.24, 2.45) is 5.10 Å². The van der Waals surface area contributed by atoms with E-state index >= 15 is 0 Å². The van der Waals surface area contributed by atoms with Gasteiger partial charge in [-0.15, -0.1) is 0 Å². The monoisotopic (exact) mass is 282 g/mol. The summed E-state index contributed by atoms with van der Waals surface area (Å²) in [7, 11) is 0. The Morgan fingerprint density at radius 2 is 1.81 bits per heavy atom. The van der Waals surface area contributed by atoms with Gasteiger partial charge in [0, 0.05) is 11.1 Å². The van der Waals surface area contributed by atoms with Crippen LogP contribution in [0.4, 0.5) is 0 Å². The van der Waals surface area contributed by atoms with E-state index in [4.69, 9.17) is 0 Å². The molecule has 1 amide bonds. The Balaban J connectivity index is 1.83. The highest BCUT2D eigenvalue weighted by Crippen LogP contribution is 2.28. The Kier molecular flexibility index (Phi) is 3.86. The number of phenolic OH excluding ortho intramolecular Hbond substituents is 1. The first-order valence-electron chi connectivity index (χ1n) is 7.32. The van der Waals surface area contributed by atoms with Crippen LogP contribution in [0.2, 0.25) is 0 Å². The van der Waals surface area contributed by atoms with E-state index in [0.717, 1.165) is 36.8 Å². The van der Waals surface area contributed by atoms with Gasteiger partial charge in [0.15, 0.2) is 0 Å². The molecule has 2 aromatic rings. The molecule has 21 heavy (non-hydrogen) atoms. The molecule has 2 N–H and O–H groups in total. The fourth-order valence-electron chi connectivity index (χ4n) is 2.70. The summed E-state index contributed by atoms with van der Waals surface area (Å²) in [6.07, 6.45) is 5.40. The van der Waals surface area contributed by atoms with Crippen molar-refractivity contribution in [3.63, 3.8) is 0 Å². The number of nitrogens with one attached hydrogen (secondary N) is 1. The molecule has 0 heterocycles. The number of hydrogen-bond acceptors (Lipinski definition) is 3. The Hall–Kier alpha value is -2.36. The van der Waals surface area contributed by atoms with Crippen LogP contribution in [0, 0.1) is 0 Å². The van der Waals surface area contributed by atoms with E-state index in [1.165, 1.54) is 6.42 Å². The molecule has 0 saturated heterocycles. The molecule has 108 valence electrons. The molecule has 1 aliphatic carbocycles. The number of rotatable bonds is 2. The fourth-order valence-corrected chi connectivity index (χ4v) is 2.70. The van der Waals surface area contributed by atoms with E-state index in [2.05, 4.69) is 10.5 Å². The molecule has 1 fully saturated rings. The highest BCUT2D eigenvalue weighted by molar-refractivity contribution is 6.03. The van der Waals surface area contributed by atoms with Gasteiger partial charge in [0.25, 0.3) is 5.91 Å². The largest absolute Gasteiger partial charge is 0.506 e. The average molecular weight is 282 g/mol. The van der Waals surface area contributed by atoms with Crippen molar-refractivity contribution < 1.29 is 9.90 Å². The van der Waals surface area contributed by atoms with Gasteiger partial charge in [0.1, 0.15) is 5.75 Å². The molecule has 4 nitrogen and oxygen atoms in total. The highest BCUT2D eigenvalue weighted by atomic mass is 16.3. The van der Waals surface area contributed by atoms with Gasteiger partial charge in [-0.05, 0) is 37.1 Å². The molecule has 4 heteroatoms. The summed E-state index contributed by atoms with van der Waals surface area (Å²) in [6.45, 7) is 0. The number of nitrogens with zero attached hydrogens (tertiary/aromatic N) is 1. The molecule has 0 aliphatic heterocycles. The lowest BCUT2D eigenvalue weighted by molar-refractivity contribution is 0.0952. The summed E-state index contributed by atoms with van der Waals surface area (Å²) < 4.78 is 0. The standard InChI is InChI=1S/C17H18N2O2/c20-16-14-9-5-4-6-12(14)10-11-15(16)17(21)19-18-13-7-2-1-3-8-13/h4-6,9-11,20H,1-3,7-8H2,(H,19,21). The number of phenols is 1. The molecule has 0 unspecified atom stereocenters. The third-order valence-electron chi connectivity index (χ3n) is 3.89. The second kappa shape index (κ2) is 5.95. The number of fused-ring (bicyclic) bond motifs is 1. The molecular weight excluding hydrogens is 264 g/mol. The topological polar surface area (TPSA) is 61.7 Å². The van der Waals surface area contributed by atoms with Crippen LogP contribution in [0.3, 0.4) is 0 Å². The maximum absolute atomic E-state index is 12.2. The summed E-state index contributed by atoms with van der Waals surface area (Å²) in [5.41, 5.74) is 3.86. The zero-order valence-electron chi connectivity index (χ0n) is 11.8. The lowest BCUT2D eigenvalue weighted by Gasteiger charge is -2.12. The van der Waals surface area contributed by atoms with E-state index < -0.39 is 0 Å². The third kappa shape index (κ3) is 2.89. The number of carbonyl (C=O) groups excluding carboxylic acids is 1. The van der Waals surface area contributed by atoms with Crippen molar-refractivity contribution in [2.75, 3.05) is 0 Å². The maximum atomic E-state index is 12.2. The van der Waals surface area contributed by atoms with Crippen molar-refractivity contribution in [1.29, 1.82) is 0 Å². The van der Waals surface area contributed by atoms with Gasteiger partial charge in [0.05, 0.1) is 5.56 Å². The fraction of sp³-hybridized carbons (Fsp3) is 0.294. The molecule has 2 aromatic carbocycles. The molecule has 0 radical (unpaired) electrons. The summed E-state index contributed by atoms with van der Waals surface area (Å²) in [5.74, 6) is -0.356. The van der Waals surface area contributed by atoms with Crippen molar-refractivity contribution >= 4 is 22.4 Å². The smallest absolute Gasteiger partial charge is 0.275 e. The Morgan fingerprint density at radius 1 is 1.05 bits per heavy atom. The minimum absolute atomic E-state index is 0.00874. The lowest BCUT2D eigenvalue weighted by Crippen LogP contribution is -2.20.